The van der Waals surface area contributed by atoms with Crippen molar-refractivity contribution in [3.63, 3.8) is 0 Å². The standard InChI is InChI=1S/C39H81NO/c1-5-8-11-14-17-18-19-20-25-30-35-39(41)37-40(4)36-31-26-21-24-29-34-38(32-27-22-15-12-9-6-2)33-28-23-16-13-10-7-3/h38-39,41H,5-37H2,1-4H3. The Labute approximate surface area is 261 Å². The van der Waals surface area contributed by atoms with E-state index in [-0.39, 0.29) is 6.10 Å². The molecule has 0 aliphatic rings. The summed E-state index contributed by atoms with van der Waals surface area (Å²) in [5, 5.41) is 10.5. The van der Waals surface area contributed by atoms with Gasteiger partial charge in [0.05, 0.1) is 6.10 Å². The smallest absolute Gasteiger partial charge is 0.0667 e. The zero-order valence-electron chi connectivity index (χ0n) is 29.4. The molecule has 2 nitrogen and oxygen atoms in total. The zero-order valence-corrected chi connectivity index (χ0v) is 29.4. The molecule has 0 saturated carbocycles. The number of aliphatic hydroxyl groups excluding tert-OH is 1. The summed E-state index contributed by atoms with van der Waals surface area (Å²) in [7, 11) is 2.21. The summed E-state index contributed by atoms with van der Waals surface area (Å²) in [5.41, 5.74) is 0. The molecule has 0 saturated heterocycles. The highest BCUT2D eigenvalue weighted by Gasteiger charge is 2.10. The number of nitrogens with zero attached hydrogens (tertiary/aromatic N) is 1. The molecule has 0 fully saturated rings. The van der Waals surface area contributed by atoms with Gasteiger partial charge in [-0.05, 0) is 32.4 Å². The van der Waals surface area contributed by atoms with Gasteiger partial charge in [0, 0.05) is 6.54 Å². The molecule has 0 bridgehead atoms. The van der Waals surface area contributed by atoms with Gasteiger partial charge in [-0.25, -0.2) is 0 Å². The number of hydrogen-bond acceptors (Lipinski definition) is 2. The monoisotopic (exact) mass is 580 g/mol. The molecule has 0 heterocycles. The SMILES string of the molecule is CCCCCCCCCCCCC(O)CN(C)CCCCCCCC(CCCCCCCC)CCCCCCCC. The van der Waals surface area contributed by atoms with E-state index in [0.29, 0.717) is 0 Å². The molecule has 0 aliphatic heterocycles. The third kappa shape index (κ3) is 32.7. The first-order valence-electron chi connectivity index (χ1n) is 19.5. The Morgan fingerprint density at radius 3 is 1.05 bits per heavy atom. The molecular weight excluding hydrogens is 498 g/mol. The van der Waals surface area contributed by atoms with Crippen LogP contribution in [0.4, 0.5) is 0 Å². The molecule has 0 amide bonds. The molecule has 0 aromatic heterocycles. The van der Waals surface area contributed by atoms with Gasteiger partial charge in [-0.3, -0.25) is 0 Å². The maximum absolute atomic E-state index is 10.5. The number of rotatable bonds is 35. The summed E-state index contributed by atoms with van der Waals surface area (Å²) in [6.45, 7) is 8.93. The molecule has 2 heteroatoms. The van der Waals surface area contributed by atoms with Crippen molar-refractivity contribution in [1.82, 2.24) is 4.90 Å². The number of aliphatic hydroxyl groups is 1. The van der Waals surface area contributed by atoms with Crippen molar-refractivity contribution in [3.05, 3.63) is 0 Å². The van der Waals surface area contributed by atoms with E-state index in [1.807, 2.05) is 0 Å². The van der Waals surface area contributed by atoms with E-state index < -0.39 is 0 Å². The van der Waals surface area contributed by atoms with Gasteiger partial charge in [0.1, 0.15) is 0 Å². The van der Waals surface area contributed by atoms with Gasteiger partial charge in [0.25, 0.3) is 0 Å². The zero-order chi connectivity index (χ0) is 30.1. The lowest BCUT2D eigenvalue weighted by molar-refractivity contribution is 0.114. The van der Waals surface area contributed by atoms with Crippen molar-refractivity contribution in [2.24, 2.45) is 5.92 Å². The lowest BCUT2D eigenvalue weighted by atomic mass is 9.89. The highest BCUT2D eigenvalue weighted by atomic mass is 16.3. The predicted molar refractivity (Wildman–Crippen MR) is 187 cm³/mol. The van der Waals surface area contributed by atoms with E-state index >= 15 is 0 Å². The normalized spacial score (nSPS) is 12.7. The van der Waals surface area contributed by atoms with Crippen LogP contribution in [0.15, 0.2) is 0 Å². The molecule has 0 radical (unpaired) electrons. The van der Waals surface area contributed by atoms with Gasteiger partial charge in [-0.15, -0.1) is 0 Å². The van der Waals surface area contributed by atoms with Crippen LogP contribution >= 0.6 is 0 Å². The van der Waals surface area contributed by atoms with Gasteiger partial charge < -0.3 is 10.0 Å². The Bertz CT molecular complexity index is 450. The van der Waals surface area contributed by atoms with E-state index in [1.165, 1.54) is 193 Å². The van der Waals surface area contributed by atoms with Crippen LogP contribution in [-0.2, 0) is 0 Å². The molecule has 248 valence electrons. The molecule has 0 aromatic rings. The molecule has 1 atom stereocenters. The van der Waals surface area contributed by atoms with Gasteiger partial charge >= 0.3 is 0 Å². The molecule has 0 spiro atoms. The molecule has 41 heavy (non-hydrogen) atoms. The van der Waals surface area contributed by atoms with Crippen LogP contribution < -0.4 is 0 Å². The summed E-state index contributed by atoms with van der Waals surface area (Å²) < 4.78 is 0. The van der Waals surface area contributed by atoms with Crippen LogP contribution in [0, 0.1) is 5.92 Å². The number of hydrogen-bond donors (Lipinski definition) is 1. The van der Waals surface area contributed by atoms with Crippen LogP contribution in [0.25, 0.3) is 0 Å². The first-order chi connectivity index (χ1) is 20.1. The Balaban J connectivity index is 3.78. The van der Waals surface area contributed by atoms with E-state index in [4.69, 9.17) is 0 Å². The van der Waals surface area contributed by atoms with Gasteiger partial charge in [0.15, 0.2) is 0 Å². The fourth-order valence-corrected chi connectivity index (χ4v) is 6.61. The van der Waals surface area contributed by atoms with Crippen molar-refractivity contribution in [3.8, 4) is 0 Å². The third-order valence-electron chi connectivity index (χ3n) is 9.50. The van der Waals surface area contributed by atoms with Crippen molar-refractivity contribution in [1.29, 1.82) is 0 Å². The molecule has 0 aliphatic carbocycles. The summed E-state index contributed by atoms with van der Waals surface area (Å²) in [6, 6.07) is 0. The van der Waals surface area contributed by atoms with E-state index in [1.54, 1.807) is 0 Å². The van der Waals surface area contributed by atoms with Gasteiger partial charge in [-0.1, -0.05) is 207 Å². The third-order valence-corrected chi connectivity index (χ3v) is 9.50. The van der Waals surface area contributed by atoms with Crippen LogP contribution in [-0.4, -0.2) is 36.2 Å². The Hall–Kier alpha value is -0.0800. The van der Waals surface area contributed by atoms with Gasteiger partial charge in [-0.2, -0.15) is 0 Å². The van der Waals surface area contributed by atoms with Crippen molar-refractivity contribution in [2.45, 2.75) is 226 Å². The van der Waals surface area contributed by atoms with E-state index in [9.17, 15) is 5.11 Å². The molecular formula is C39H81NO. The fourth-order valence-electron chi connectivity index (χ4n) is 6.61. The van der Waals surface area contributed by atoms with Crippen molar-refractivity contribution in [2.75, 3.05) is 20.1 Å². The Morgan fingerprint density at radius 2 is 0.683 bits per heavy atom. The van der Waals surface area contributed by atoms with E-state index in [0.717, 1.165) is 25.4 Å². The lowest BCUT2D eigenvalue weighted by Gasteiger charge is -2.20. The summed E-state index contributed by atoms with van der Waals surface area (Å²) in [4.78, 5) is 2.37. The summed E-state index contributed by atoms with van der Waals surface area (Å²) >= 11 is 0. The average molecular weight is 580 g/mol. The first-order valence-corrected chi connectivity index (χ1v) is 19.5. The summed E-state index contributed by atoms with van der Waals surface area (Å²) in [5.74, 6) is 0.996. The minimum absolute atomic E-state index is 0.135. The minimum Gasteiger partial charge on any atom is -0.392 e. The quantitative estimate of drug-likeness (QED) is 0.0755. The molecule has 1 N–H and O–H groups in total. The minimum atomic E-state index is -0.135. The second-order valence-electron chi connectivity index (χ2n) is 13.9. The Morgan fingerprint density at radius 1 is 0.390 bits per heavy atom. The second-order valence-corrected chi connectivity index (χ2v) is 13.9. The topological polar surface area (TPSA) is 23.5 Å². The lowest BCUT2D eigenvalue weighted by Crippen LogP contribution is -2.29. The van der Waals surface area contributed by atoms with Crippen LogP contribution in [0.2, 0.25) is 0 Å². The number of unbranched alkanes of at least 4 members (excludes halogenated alkanes) is 23. The first kappa shape index (κ1) is 40.9. The predicted octanol–water partition coefficient (Wildman–Crippen LogP) is 13.0. The summed E-state index contributed by atoms with van der Waals surface area (Å²) in [6.07, 6.45) is 43.2. The van der Waals surface area contributed by atoms with Crippen molar-refractivity contribution >= 4 is 0 Å². The van der Waals surface area contributed by atoms with Crippen LogP contribution in [0.5, 0.6) is 0 Å². The maximum Gasteiger partial charge on any atom is 0.0667 e. The molecule has 1 unspecified atom stereocenters. The number of likely N-dealkylation sites (N-methyl/N-ethyl adjacent to an activating group) is 1. The van der Waals surface area contributed by atoms with Crippen LogP contribution in [0.3, 0.4) is 0 Å². The molecule has 0 rings (SSSR count). The average Bonchev–Trinajstić information content (AvgIpc) is 2.96. The second kappa shape index (κ2) is 34.4. The van der Waals surface area contributed by atoms with Gasteiger partial charge in [0.2, 0.25) is 0 Å². The fraction of sp³-hybridized carbons (Fsp3) is 1.00. The highest BCUT2D eigenvalue weighted by Crippen LogP contribution is 2.25. The Kier molecular flexibility index (Phi) is 34.3. The molecule has 0 aromatic carbocycles. The maximum atomic E-state index is 10.5. The van der Waals surface area contributed by atoms with E-state index in [2.05, 4.69) is 32.7 Å². The van der Waals surface area contributed by atoms with Crippen molar-refractivity contribution < 1.29 is 5.11 Å². The highest BCUT2D eigenvalue weighted by molar-refractivity contribution is 4.64. The largest absolute Gasteiger partial charge is 0.392 e. The van der Waals surface area contributed by atoms with Crippen LogP contribution in [0.1, 0.15) is 220 Å².